The van der Waals surface area contributed by atoms with E-state index in [1.54, 1.807) is 48.6 Å². The molecule has 0 saturated carbocycles. The average molecular weight is 739 g/mol. The number of benzene rings is 2. The fourth-order valence-corrected chi connectivity index (χ4v) is 8.03. The Morgan fingerprint density at radius 1 is 0.731 bits per heavy atom. The summed E-state index contributed by atoms with van der Waals surface area (Å²) in [6.07, 6.45) is -0.734. The van der Waals surface area contributed by atoms with Crippen LogP contribution < -0.4 is 19.3 Å². The van der Waals surface area contributed by atoms with Crippen molar-refractivity contribution in [1.82, 2.24) is 19.9 Å². The molecule has 13 nitrogen and oxygen atoms in total. The largest absolute Gasteiger partial charge is 0.513 e. The highest BCUT2D eigenvalue weighted by molar-refractivity contribution is 7.19. The van der Waals surface area contributed by atoms with Crippen LogP contribution in [0, 0.1) is 0 Å². The number of carbonyl (C=O) groups excluding carboxylic acids is 2. The van der Waals surface area contributed by atoms with Crippen LogP contribution in [0.3, 0.4) is 0 Å². The number of carbonyl (C=O) groups is 2. The molecule has 8 rings (SSSR count). The molecule has 0 N–H and O–H groups in total. The molecular weight excluding hydrogens is 705 g/mol. The van der Waals surface area contributed by atoms with Gasteiger partial charge in [-0.15, -0.1) is 22.7 Å². The monoisotopic (exact) mass is 738 g/mol. The third-order valence-corrected chi connectivity index (χ3v) is 10.5. The summed E-state index contributed by atoms with van der Waals surface area (Å²) in [6.45, 7) is 7.24. The van der Waals surface area contributed by atoms with Gasteiger partial charge in [0, 0.05) is 42.2 Å². The van der Waals surface area contributed by atoms with Crippen LogP contribution in [0.4, 0.5) is 16.4 Å². The second kappa shape index (κ2) is 15.2. The number of hydrogen-bond donors (Lipinski definition) is 0. The van der Waals surface area contributed by atoms with E-state index in [0.717, 1.165) is 50.1 Å². The molecule has 0 unspecified atom stereocenters. The summed E-state index contributed by atoms with van der Waals surface area (Å²) in [6, 6.07) is 18.2. The zero-order chi connectivity index (χ0) is 35.4. The van der Waals surface area contributed by atoms with E-state index in [-0.39, 0.29) is 13.0 Å². The van der Waals surface area contributed by atoms with Gasteiger partial charge in [-0.25, -0.2) is 24.7 Å². The van der Waals surface area contributed by atoms with Gasteiger partial charge in [-0.05, 0) is 48.7 Å². The molecule has 266 valence electrons. The fourth-order valence-electron chi connectivity index (χ4n) is 6.09. The first-order chi connectivity index (χ1) is 25.5. The number of anilines is 2. The second-order valence-corrected chi connectivity index (χ2v) is 14.0. The van der Waals surface area contributed by atoms with E-state index in [0.29, 0.717) is 73.7 Å². The molecule has 0 spiro atoms. The van der Waals surface area contributed by atoms with Crippen LogP contribution in [-0.2, 0) is 25.4 Å². The predicted molar refractivity (Wildman–Crippen MR) is 199 cm³/mol. The van der Waals surface area contributed by atoms with Crippen LogP contribution in [0.2, 0.25) is 0 Å². The molecule has 0 bridgehead atoms. The summed E-state index contributed by atoms with van der Waals surface area (Å²) in [7, 11) is 0. The molecule has 0 atom stereocenters. The average Bonchev–Trinajstić information content (AvgIpc) is 3.82. The number of rotatable bonds is 9. The third kappa shape index (κ3) is 7.39. The number of esters is 1. The number of ether oxygens (including phenoxy) is 5. The van der Waals surface area contributed by atoms with Crippen molar-refractivity contribution in [2.45, 2.75) is 13.3 Å². The first kappa shape index (κ1) is 33.9. The molecule has 2 fully saturated rings. The van der Waals surface area contributed by atoms with Crippen molar-refractivity contribution in [3.8, 4) is 34.3 Å². The highest BCUT2D eigenvalue weighted by Crippen LogP contribution is 2.36. The zero-order valence-electron chi connectivity index (χ0n) is 28.3. The molecule has 6 aromatic rings. The smallest absolute Gasteiger partial charge is 0.434 e. The summed E-state index contributed by atoms with van der Waals surface area (Å²) in [4.78, 5) is 50.1. The minimum atomic E-state index is -0.780. The quantitative estimate of drug-likeness (QED) is 0.0921. The van der Waals surface area contributed by atoms with Crippen molar-refractivity contribution in [3.63, 3.8) is 0 Å². The van der Waals surface area contributed by atoms with Gasteiger partial charge in [-0.3, -0.25) is 4.79 Å². The van der Waals surface area contributed by atoms with Crippen LogP contribution in [0.1, 0.15) is 11.8 Å². The van der Waals surface area contributed by atoms with Crippen LogP contribution in [0.25, 0.3) is 43.2 Å². The van der Waals surface area contributed by atoms with Gasteiger partial charge in [0.1, 0.15) is 11.5 Å². The summed E-state index contributed by atoms with van der Waals surface area (Å²) in [5, 5.41) is 2.02. The molecule has 52 heavy (non-hydrogen) atoms. The first-order valence-electron chi connectivity index (χ1n) is 17.0. The van der Waals surface area contributed by atoms with E-state index < -0.39 is 12.1 Å². The maximum atomic E-state index is 13.4. The summed E-state index contributed by atoms with van der Waals surface area (Å²) >= 11 is 3.09. The van der Waals surface area contributed by atoms with Gasteiger partial charge in [-0.1, -0.05) is 24.3 Å². The number of morpholine rings is 2. The van der Waals surface area contributed by atoms with Gasteiger partial charge >= 0.3 is 12.1 Å². The van der Waals surface area contributed by atoms with Crippen molar-refractivity contribution < 1.29 is 33.3 Å². The molecule has 2 aliphatic rings. The van der Waals surface area contributed by atoms with Crippen LogP contribution in [0.5, 0.6) is 11.5 Å². The minimum Gasteiger partial charge on any atom is -0.434 e. The molecular formula is C37H34N6O7S2. The number of nitrogens with zero attached hydrogens (tertiary/aromatic N) is 6. The predicted octanol–water partition coefficient (Wildman–Crippen LogP) is 6.39. The van der Waals surface area contributed by atoms with E-state index in [9.17, 15) is 9.59 Å². The SMILES string of the molecule is CCOC(=O)Oc1cccc(-c2nc(N3CCOCC3)c3sc(CC(=O)Oc4cccc(-c5nc(N6CCOCC6)c6sccc6n5)c4)cc3n2)c1. The summed E-state index contributed by atoms with van der Waals surface area (Å²) < 4.78 is 29.2. The summed E-state index contributed by atoms with van der Waals surface area (Å²) in [5.74, 6) is 3.01. The Bertz CT molecular complexity index is 2250. The van der Waals surface area contributed by atoms with Crippen molar-refractivity contribution in [1.29, 1.82) is 0 Å². The molecule has 2 aliphatic heterocycles. The molecule has 6 heterocycles. The molecule has 2 saturated heterocycles. The maximum Gasteiger partial charge on any atom is 0.513 e. The lowest BCUT2D eigenvalue weighted by molar-refractivity contribution is -0.133. The van der Waals surface area contributed by atoms with Gasteiger partial charge in [0.25, 0.3) is 0 Å². The molecule has 4 aromatic heterocycles. The standard InChI is InChI=1S/C37H34N6O7S2/c1-2-48-37(45)50-26-8-4-6-24(20-26)34-39-29-21-27(52-32(29)36(41-34)43-12-16-47-17-13-43)22-30(44)49-25-7-3-5-23(19-25)33-38-28-9-18-51-31(28)35(40-33)42-10-14-46-15-11-42/h3-9,18-21H,2,10-17,22H2,1H3. The number of aromatic nitrogens is 4. The molecule has 0 radical (unpaired) electrons. The Balaban J connectivity index is 1.04. The van der Waals surface area contributed by atoms with E-state index in [4.69, 9.17) is 43.6 Å². The number of fused-ring (bicyclic) bond motifs is 2. The van der Waals surface area contributed by atoms with Crippen LogP contribution in [-0.4, -0.2) is 91.3 Å². The van der Waals surface area contributed by atoms with Crippen LogP contribution in [0.15, 0.2) is 66.0 Å². The lowest BCUT2D eigenvalue weighted by atomic mass is 10.2. The van der Waals surface area contributed by atoms with Gasteiger partial charge in [-0.2, -0.15) is 0 Å². The fraction of sp³-hybridized carbons (Fsp3) is 0.297. The topological polar surface area (TPSA) is 138 Å². The molecule has 0 amide bonds. The Morgan fingerprint density at radius 3 is 1.96 bits per heavy atom. The van der Waals surface area contributed by atoms with Crippen molar-refractivity contribution in [2.24, 2.45) is 0 Å². The van der Waals surface area contributed by atoms with Gasteiger partial charge in [0.05, 0.1) is 59.9 Å². The lowest BCUT2D eigenvalue weighted by Crippen LogP contribution is -2.36. The Kier molecular flexibility index (Phi) is 9.89. The van der Waals surface area contributed by atoms with Crippen molar-refractivity contribution in [2.75, 3.05) is 69.0 Å². The molecule has 2 aromatic carbocycles. The normalized spacial score (nSPS) is 14.9. The highest BCUT2D eigenvalue weighted by Gasteiger charge is 2.23. The minimum absolute atomic E-state index is 0.0462. The first-order valence-corrected chi connectivity index (χ1v) is 18.7. The van der Waals surface area contributed by atoms with Gasteiger partial charge in [0.2, 0.25) is 0 Å². The van der Waals surface area contributed by atoms with Gasteiger partial charge < -0.3 is 33.5 Å². The van der Waals surface area contributed by atoms with Crippen molar-refractivity contribution in [3.05, 3.63) is 70.9 Å². The van der Waals surface area contributed by atoms with Crippen LogP contribution >= 0.6 is 22.7 Å². The van der Waals surface area contributed by atoms with Crippen molar-refractivity contribution >= 4 is 66.9 Å². The number of hydrogen-bond acceptors (Lipinski definition) is 15. The molecule has 15 heteroatoms. The maximum absolute atomic E-state index is 13.4. The van der Waals surface area contributed by atoms with E-state index in [2.05, 4.69) is 9.80 Å². The van der Waals surface area contributed by atoms with Gasteiger partial charge in [0.15, 0.2) is 23.3 Å². The Labute approximate surface area is 306 Å². The lowest BCUT2D eigenvalue weighted by Gasteiger charge is -2.28. The summed E-state index contributed by atoms with van der Waals surface area (Å²) in [5.41, 5.74) is 3.01. The Morgan fingerprint density at radius 2 is 1.33 bits per heavy atom. The van der Waals surface area contributed by atoms with E-state index in [1.807, 2.05) is 35.7 Å². The number of thiophene rings is 2. The van der Waals surface area contributed by atoms with E-state index in [1.165, 1.54) is 11.3 Å². The van der Waals surface area contributed by atoms with E-state index >= 15 is 0 Å². The second-order valence-electron chi connectivity index (χ2n) is 12.0. The molecule has 0 aliphatic carbocycles. The Hall–Kier alpha value is -5.22. The highest BCUT2D eigenvalue weighted by atomic mass is 32.1. The zero-order valence-corrected chi connectivity index (χ0v) is 29.9. The third-order valence-electron chi connectivity index (χ3n) is 8.51.